The fourth-order valence-electron chi connectivity index (χ4n) is 3.34. The zero-order valence-electron chi connectivity index (χ0n) is 14.5. The minimum Gasteiger partial charge on any atom is -0.302 e. The van der Waals surface area contributed by atoms with E-state index in [1.54, 1.807) is 6.92 Å². The van der Waals surface area contributed by atoms with E-state index in [0.29, 0.717) is 16.2 Å². The molecule has 2 aromatic carbocycles. The zero-order chi connectivity index (χ0) is 19.6. The monoisotopic (exact) mass is 510 g/mol. The van der Waals surface area contributed by atoms with Gasteiger partial charge in [-0.15, -0.1) is 0 Å². The molecule has 0 unspecified atom stereocenters. The molecule has 4 aromatic rings. The minimum atomic E-state index is -1.04. The van der Waals surface area contributed by atoms with Crippen LogP contribution in [0.5, 0.6) is 0 Å². The van der Waals surface area contributed by atoms with Gasteiger partial charge in [-0.25, -0.2) is 13.8 Å². The van der Waals surface area contributed by atoms with Crippen LogP contribution in [0.3, 0.4) is 0 Å². The van der Waals surface area contributed by atoms with E-state index in [9.17, 15) is 13.6 Å². The highest BCUT2D eigenvalue weighted by Crippen LogP contribution is 2.39. The van der Waals surface area contributed by atoms with E-state index in [4.69, 9.17) is 0 Å². The number of anilines is 1. The van der Waals surface area contributed by atoms with Gasteiger partial charge in [0.1, 0.15) is 15.7 Å². The molecule has 0 spiro atoms. The average Bonchev–Trinajstić information content (AvgIpc) is 3.09. The first-order valence-electron chi connectivity index (χ1n) is 8.61. The van der Waals surface area contributed by atoms with Gasteiger partial charge in [0.05, 0.1) is 21.7 Å². The Bertz CT molecular complexity index is 1270. The number of aromatic nitrogens is 3. The number of benzene rings is 2. The van der Waals surface area contributed by atoms with E-state index in [0.717, 1.165) is 30.4 Å². The number of aromatic amines is 1. The van der Waals surface area contributed by atoms with Crippen molar-refractivity contribution in [3.8, 4) is 11.1 Å². The molecule has 2 N–H and O–H groups in total. The minimum absolute atomic E-state index is 0.277. The molecule has 5 rings (SSSR count). The second-order valence-corrected chi connectivity index (χ2v) is 8.90. The maximum Gasteiger partial charge on any atom is 0.232 e. The predicted octanol–water partition coefficient (Wildman–Crippen LogP) is 5.19. The summed E-state index contributed by atoms with van der Waals surface area (Å²) in [5.74, 6) is -1.19. The van der Waals surface area contributed by atoms with E-state index < -0.39 is 12.1 Å². The normalized spacial score (nSPS) is 18.7. The van der Waals surface area contributed by atoms with Gasteiger partial charge in [0.15, 0.2) is 5.13 Å². The number of fused-ring (bicyclic) bond motifs is 2. The number of carbonyl (C=O) groups excluding carboxylic acids is 1. The van der Waals surface area contributed by atoms with Crippen molar-refractivity contribution in [3.63, 3.8) is 0 Å². The third kappa shape index (κ3) is 2.87. The number of carbonyl (C=O) groups is 1. The molecule has 0 bridgehead atoms. The van der Waals surface area contributed by atoms with Crippen molar-refractivity contribution in [2.75, 3.05) is 5.32 Å². The van der Waals surface area contributed by atoms with Crippen molar-refractivity contribution in [3.05, 3.63) is 39.3 Å². The Morgan fingerprint density at radius 2 is 2.18 bits per heavy atom. The Hall–Kier alpha value is -2.14. The van der Waals surface area contributed by atoms with Crippen molar-refractivity contribution >= 4 is 66.1 Å². The molecular formula is C19H13F2IN4OS. The van der Waals surface area contributed by atoms with E-state index in [-0.39, 0.29) is 18.1 Å². The molecule has 1 saturated carbocycles. The Kier molecular flexibility index (Phi) is 4.13. The maximum atomic E-state index is 14.4. The molecule has 2 aromatic heterocycles. The lowest BCUT2D eigenvalue weighted by molar-refractivity contribution is -0.117. The van der Waals surface area contributed by atoms with E-state index >= 15 is 0 Å². The fourth-order valence-corrected chi connectivity index (χ4v) is 4.93. The van der Waals surface area contributed by atoms with Crippen LogP contribution in [-0.2, 0) is 4.79 Å². The number of alkyl halides is 1. The fraction of sp³-hybridized carbons (Fsp3) is 0.211. The molecule has 0 saturated heterocycles. The number of amides is 1. The smallest absolute Gasteiger partial charge is 0.232 e. The third-order valence-electron chi connectivity index (χ3n) is 4.96. The van der Waals surface area contributed by atoms with Gasteiger partial charge in [0.2, 0.25) is 5.91 Å². The molecule has 1 aliphatic rings. The topological polar surface area (TPSA) is 70.7 Å². The van der Waals surface area contributed by atoms with Gasteiger partial charge in [-0.3, -0.25) is 9.89 Å². The number of halogens is 3. The summed E-state index contributed by atoms with van der Waals surface area (Å²) in [6.45, 7) is 1.75. The van der Waals surface area contributed by atoms with Crippen LogP contribution in [-0.4, -0.2) is 27.3 Å². The highest BCUT2D eigenvalue weighted by Gasteiger charge is 2.43. The van der Waals surface area contributed by atoms with Crippen molar-refractivity contribution < 1.29 is 13.6 Å². The van der Waals surface area contributed by atoms with Gasteiger partial charge in [0, 0.05) is 5.39 Å². The van der Waals surface area contributed by atoms with Gasteiger partial charge < -0.3 is 5.32 Å². The number of nitrogens with zero attached hydrogens (tertiary/aromatic N) is 2. The first kappa shape index (κ1) is 17.9. The third-order valence-corrected chi connectivity index (χ3v) is 6.68. The van der Waals surface area contributed by atoms with Crippen LogP contribution in [0.1, 0.15) is 12.0 Å². The SMILES string of the molecule is Cc1c(F)cc2[nH]nc(I)c2c1-c1ccc2nc(NC(=O)[C@@H]3C[C@@H]3F)sc2c1. The number of thiazole rings is 1. The summed E-state index contributed by atoms with van der Waals surface area (Å²) in [6, 6.07) is 7.12. The Labute approximate surface area is 175 Å². The molecule has 28 heavy (non-hydrogen) atoms. The van der Waals surface area contributed by atoms with E-state index in [2.05, 4.69) is 43.1 Å². The second kappa shape index (κ2) is 6.45. The lowest BCUT2D eigenvalue weighted by atomic mass is 9.96. The molecular weight excluding hydrogens is 497 g/mol. The summed E-state index contributed by atoms with van der Waals surface area (Å²) in [5, 5.41) is 11.1. The molecule has 2 atom stereocenters. The Morgan fingerprint density at radius 1 is 1.39 bits per heavy atom. The predicted molar refractivity (Wildman–Crippen MR) is 114 cm³/mol. The van der Waals surface area contributed by atoms with E-state index in [1.165, 1.54) is 17.4 Å². The standard InChI is InChI=1S/C19H13F2IN4OS/c1-7-10(20)6-13-16(17(22)26-25-13)15(7)8-2-3-12-14(4-8)28-19(23-12)24-18(27)9-5-11(9)21/h2-4,6,9,11H,5H2,1H3,(H,25,26)(H,23,24,27)/t9-,11+/m1/s1. The lowest BCUT2D eigenvalue weighted by Crippen LogP contribution is -2.14. The van der Waals surface area contributed by atoms with E-state index in [1.807, 2.05) is 18.2 Å². The van der Waals surface area contributed by atoms with Crippen molar-refractivity contribution in [1.29, 1.82) is 0 Å². The van der Waals surface area contributed by atoms with Gasteiger partial charge in [0.25, 0.3) is 0 Å². The molecule has 5 nitrogen and oxygen atoms in total. The van der Waals surface area contributed by atoms with Crippen LogP contribution < -0.4 is 5.32 Å². The molecule has 9 heteroatoms. The van der Waals surface area contributed by atoms with Crippen molar-refractivity contribution in [2.24, 2.45) is 5.92 Å². The summed E-state index contributed by atoms with van der Waals surface area (Å²) in [5.41, 5.74) is 3.55. The van der Waals surface area contributed by atoms with Crippen molar-refractivity contribution in [2.45, 2.75) is 19.5 Å². The molecule has 0 aliphatic heterocycles. The quantitative estimate of drug-likeness (QED) is 0.373. The second-order valence-electron chi connectivity index (χ2n) is 6.84. The Balaban J connectivity index is 1.59. The number of hydrogen-bond acceptors (Lipinski definition) is 4. The van der Waals surface area contributed by atoms with Crippen LogP contribution >= 0.6 is 33.9 Å². The lowest BCUT2D eigenvalue weighted by Gasteiger charge is -2.09. The first-order valence-corrected chi connectivity index (χ1v) is 10.5. The molecule has 142 valence electrons. The summed E-state index contributed by atoms with van der Waals surface area (Å²) >= 11 is 3.45. The van der Waals surface area contributed by atoms with Crippen LogP contribution in [0.15, 0.2) is 24.3 Å². The van der Waals surface area contributed by atoms with Crippen molar-refractivity contribution in [1.82, 2.24) is 15.2 Å². The zero-order valence-corrected chi connectivity index (χ0v) is 17.5. The van der Waals surface area contributed by atoms with Crippen LogP contribution in [0.2, 0.25) is 0 Å². The molecule has 0 radical (unpaired) electrons. The number of hydrogen-bond donors (Lipinski definition) is 2. The highest BCUT2D eigenvalue weighted by atomic mass is 127. The summed E-state index contributed by atoms with van der Waals surface area (Å²) in [6.07, 6.45) is -0.768. The first-order chi connectivity index (χ1) is 13.4. The molecule has 1 amide bonds. The number of rotatable bonds is 3. The number of H-pyrrole nitrogens is 1. The molecule has 1 aliphatic carbocycles. The van der Waals surface area contributed by atoms with Crippen LogP contribution in [0.4, 0.5) is 13.9 Å². The highest BCUT2D eigenvalue weighted by molar-refractivity contribution is 14.1. The number of nitrogens with one attached hydrogen (secondary N) is 2. The summed E-state index contributed by atoms with van der Waals surface area (Å²) < 4.78 is 29.1. The van der Waals surface area contributed by atoms with Crippen LogP contribution in [0, 0.1) is 22.4 Å². The van der Waals surface area contributed by atoms with Gasteiger partial charge in [-0.2, -0.15) is 5.10 Å². The summed E-state index contributed by atoms with van der Waals surface area (Å²) in [7, 11) is 0. The maximum absolute atomic E-state index is 14.4. The average molecular weight is 510 g/mol. The molecule has 1 fully saturated rings. The van der Waals surface area contributed by atoms with Gasteiger partial charge in [-0.1, -0.05) is 17.4 Å². The van der Waals surface area contributed by atoms with Gasteiger partial charge >= 0.3 is 0 Å². The van der Waals surface area contributed by atoms with Gasteiger partial charge in [-0.05, 0) is 70.8 Å². The summed E-state index contributed by atoms with van der Waals surface area (Å²) in [4.78, 5) is 16.4. The Morgan fingerprint density at radius 3 is 2.93 bits per heavy atom. The van der Waals surface area contributed by atoms with Crippen LogP contribution in [0.25, 0.3) is 32.2 Å². The molecule has 2 heterocycles. The largest absolute Gasteiger partial charge is 0.302 e.